The van der Waals surface area contributed by atoms with Crippen LogP contribution >= 0.6 is 0 Å². The Labute approximate surface area is 155 Å². The fraction of sp³-hybridized carbons (Fsp3) is 0.409. The molecule has 0 bridgehead atoms. The number of amides is 1. The summed E-state index contributed by atoms with van der Waals surface area (Å²) in [4.78, 5) is 17.2. The van der Waals surface area contributed by atoms with Crippen molar-refractivity contribution in [3.05, 3.63) is 71.5 Å². The Bertz CT molecular complexity index is 694. The molecule has 0 atom stereocenters. The molecule has 2 aromatic rings. The molecule has 3 rings (SSSR count). The molecule has 26 heavy (non-hydrogen) atoms. The quantitative estimate of drug-likeness (QED) is 0.786. The number of hydrogen-bond acceptors (Lipinski definition) is 2. The van der Waals surface area contributed by atoms with Gasteiger partial charge in [0.15, 0.2) is 0 Å². The molecule has 1 aliphatic heterocycles. The number of nitrogens with zero attached hydrogens (tertiary/aromatic N) is 2. The molecule has 0 radical (unpaired) electrons. The lowest BCUT2D eigenvalue weighted by atomic mass is 10.0. The fourth-order valence-corrected chi connectivity index (χ4v) is 3.75. The van der Waals surface area contributed by atoms with Gasteiger partial charge in [0, 0.05) is 32.2 Å². The van der Waals surface area contributed by atoms with Crippen LogP contribution in [0.2, 0.25) is 0 Å². The summed E-state index contributed by atoms with van der Waals surface area (Å²) in [5, 5.41) is 0. The van der Waals surface area contributed by atoms with Crippen LogP contribution in [0.1, 0.15) is 30.9 Å². The number of hydrogen-bond donors (Lipinski definition) is 0. The Balaban J connectivity index is 1.52. The Hall–Kier alpha value is -2.20. The first kappa shape index (κ1) is 18.6. The second kappa shape index (κ2) is 8.95. The second-order valence-electron chi connectivity index (χ2n) is 6.98. The average molecular weight is 354 g/mol. The Kier molecular flexibility index (Phi) is 6.40. The summed E-state index contributed by atoms with van der Waals surface area (Å²) < 4.78 is 13.0. The smallest absolute Gasteiger partial charge is 0.227 e. The van der Waals surface area contributed by atoms with Crippen molar-refractivity contribution in [2.24, 2.45) is 0 Å². The Morgan fingerprint density at radius 2 is 1.69 bits per heavy atom. The third-order valence-electron chi connectivity index (χ3n) is 5.18. The molecule has 138 valence electrons. The van der Waals surface area contributed by atoms with Crippen LogP contribution in [0.3, 0.4) is 0 Å². The van der Waals surface area contributed by atoms with E-state index < -0.39 is 0 Å². The van der Waals surface area contributed by atoms with Crippen LogP contribution in [0.15, 0.2) is 54.6 Å². The molecule has 1 aliphatic rings. The molecule has 0 aliphatic carbocycles. The molecule has 3 nitrogen and oxygen atoms in total. The monoisotopic (exact) mass is 354 g/mol. The molecule has 1 saturated heterocycles. The van der Waals surface area contributed by atoms with E-state index in [4.69, 9.17) is 0 Å². The van der Waals surface area contributed by atoms with Crippen molar-refractivity contribution in [1.29, 1.82) is 0 Å². The van der Waals surface area contributed by atoms with Gasteiger partial charge >= 0.3 is 0 Å². The highest BCUT2D eigenvalue weighted by molar-refractivity contribution is 5.79. The van der Waals surface area contributed by atoms with Crippen LogP contribution in [0.4, 0.5) is 4.39 Å². The van der Waals surface area contributed by atoms with Crippen molar-refractivity contribution in [1.82, 2.24) is 9.80 Å². The highest BCUT2D eigenvalue weighted by atomic mass is 19.1. The van der Waals surface area contributed by atoms with Gasteiger partial charge in [-0.25, -0.2) is 4.39 Å². The first-order valence-corrected chi connectivity index (χ1v) is 9.46. The number of rotatable bonds is 6. The summed E-state index contributed by atoms with van der Waals surface area (Å²) in [7, 11) is 0. The molecule has 0 aromatic heterocycles. The van der Waals surface area contributed by atoms with E-state index in [-0.39, 0.29) is 11.7 Å². The maximum Gasteiger partial charge on any atom is 0.227 e. The molecule has 4 heteroatoms. The molecule has 1 amide bonds. The number of halogens is 1. The molecule has 0 unspecified atom stereocenters. The van der Waals surface area contributed by atoms with Crippen molar-refractivity contribution < 1.29 is 9.18 Å². The molecule has 2 aromatic carbocycles. The summed E-state index contributed by atoms with van der Waals surface area (Å²) in [6.45, 7) is 5.77. The van der Waals surface area contributed by atoms with Gasteiger partial charge in [-0.2, -0.15) is 0 Å². The van der Waals surface area contributed by atoms with E-state index in [0.29, 0.717) is 12.5 Å². The van der Waals surface area contributed by atoms with E-state index in [9.17, 15) is 9.18 Å². The summed E-state index contributed by atoms with van der Waals surface area (Å²) in [5.41, 5.74) is 2.21. The number of likely N-dealkylation sites (tertiary alicyclic amines) is 1. The van der Waals surface area contributed by atoms with Crippen molar-refractivity contribution in [2.75, 3.05) is 19.6 Å². The number of likely N-dealkylation sites (N-methyl/N-ethyl adjacent to an activating group) is 1. The lowest BCUT2D eigenvalue weighted by Gasteiger charge is -2.38. The SMILES string of the molecule is CCN(C(=O)Cc1ccc(F)cc1)C1CCN(Cc2ccccc2)CC1. The van der Waals surface area contributed by atoms with E-state index in [2.05, 4.69) is 29.2 Å². The van der Waals surface area contributed by atoms with Gasteiger partial charge < -0.3 is 4.90 Å². The topological polar surface area (TPSA) is 23.6 Å². The minimum absolute atomic E-state index is 0.139. The van der Waals surface area contributed by atoms with Gasteiger partial charge in [-0.05, 0) is 43.0 Å². The van der Waals surface area contributed by atoms with Crippen LogP contribution in [0, 0.1) is 5.82 Å². The third-order valence-corrected chi connectivity index (χ3v) is 5.18. The average Bonchev–Trinajstić information content (AvgIpc) is 2.66. The second-order valence-corrected chi connectivity index (χ2v) is 6.98. The van der Waals surface area contributed by atoms with Gasteiger partial charge in [0.1, 0.15) is 5.82 Å². The first-order valence-electron chi connectivity index (χ1n) is 9.46. The summed E-state index contributed by atoms with van der Waals surface area (Å²) in [6.07, 6.45) is 2.37. The predicted octanol–water partition coefficient (Wildman–Crippen LogP) is 3.88. The van der Waals surface area contributed by atoms with E-state index in [1.807, 2.05) is 17.9 Å². The number of carbonyl (C=O) groups excluding carboxylic acids is 1. The summed E-state index contributed by atoms with van der Waals surface area (Å²) in [5.74, 6) is -0.125. The number of benzene rings is 2. The van der Waals surface area contributed by atoms with Gasteiger partial charge in [-0.15, -0.1) is 0 Å². The molecule has 1 heterocycles. The molecule has 0 saturated carbocycles. The van der Waals surface area contributed by atoms with Gasteiger partial charge in [-0.1, -0.05) is 42.5 Å². The van der Waals surface area contributed by atoms with Gasteiger partial charge in [0.25, 0.3) is 0 Å². The van der Waals surface area contributed by atoms with Gasteiger partial charge in [0.05, 0.1) is 6.42 Å². The van der Waals surface area contributed by atoms with Crippen molar-refractivity contribution in [3.8, 4) is 0 Å². The first-order chi connectivity index (χ1) is 12.7. The number of piperidine rings is 1. The minimum atomic E-state index is -0.265. The van der Waals surface area contributed by atoms with Crippen LogP contribution in [-0.4, -0.2) is 41.4 Å². The maximum atomic E-state index is 13.0. The minimum Gasteiger partial charge on any atom is -0.340 e. The highest BCUT2D eigenvalue weighted by Crippen LogP contribution is 2.19. The molecular formula is C22H27FN2O. The zero-order valence-corrected chi connectivity index (χ0v) is 15.4. The molecule has 0 N–H and O–H groups in total. The standard InChI is InChI=1S/C22H27FN2O/c1-2-25(22(26)16-18-8-10-20(23)11-9-18)21-12-14-24(15-13-21)17-19-6-4-3-5-7-19/h3-11,21H,2,12-17H2,1H3. The van der Waals surface area contributed by atoms with E-state index in [1.165, 1.54) is 17.7 Å². The third kappa shape index (κ3) is 4.92. The van der Waals surface area contributed by atoms with Crippen LogP contribution in [-0.2, 0) is 17.8 Å². The zero-order chi connectivity index (χ0) is 18.4. The lowest BCUT2D eigenvalue weighted by molar-refractivity contribution is -0.133. The highest BCUT2D eigenvalue weighted by Gasteiger charge is 2.26. The normalized spacial score (nSPS) is 15.8. The molecule has 1 fully saturated rings. The van der Waals surface area contributed by atoms with Gasteiger partial charge in [0.2, 0.25) is 5.91 Å². The van der Waals surface area contributed by atoms with E-state index in [0.717, 1.165) is 44.6 Å². The summed E-state index contributed by atoms with van der Waals surface area (Å²) >= 11 is 0. The fourth-order valence-electron chi connectivity index (χ4n) is 3.75. The molecule has 0 spiro atoms. The van der Waals surface area contributed by atoms with Crippen molar-refractivity contribution in [3.63, 3.8) is 0 Å². The lowest BCUT2D eigenvalue weighted by Crippen LogP contribution is -2.47. The Morgan fingerprint density at radius 3 is 2.31 bits per heavy atom. The zero-order valence-electron chi connectivity index (χ0n) is 15.4. The van der Waals surface area contributed by atoms with Crippen LogP contribution < -0.4 is 0 Å². The van der Waals surface area contributed by atoms with Crippen LogP contribution in [0.25, 0.3) is 0 Å². The predicted molar refractivity (Wildman–Crippen MR) is 102 cm³/mol. The Morgan fingerprint density at radius 1 is 1.04 bits per heavy atom. The van der Waals surface area contributed by atoms with Crippen LogP contribution in [0.5, 0.6) is 0 Å². The van der Waals surface area contributed by atoms with Crippen molar-refractivity contribution >= 4 is 5.91 Å². The van der Waals surface area contributed by atoms with Crippen molar-refractivity contribution in [2.45, 2.75) is 38.8 Å². The van der Waals surface area contributed by atoms with Gasteiger partial charge in [-0.3, -0.25) is 9.69 Å². The summed E-state index contributed by atoms with van der Waals surface area (Å²) in [6, 6.07) is 17.1. The van der Waals surface area contributed by atoms with E-state index in [1.54, 1.807) is 12.1 Å². The number of carbonyl (C=O) groups is 1. The largest absolute Gasteiger partial charge is 0.340 e. The maximum absolute atomic E-state index is 13.0. The van der Waals surface area contributed by atoms with E-state index >= 15 is 0 Å². The molecular weight excluding hydrogens is 327 g/mol.